The minimum atomic E-state index is -0.668. The average molecular weight is 533 g/mol. The van der Waals surface area contributed by atoms with Gasteiger partial charge in [-0.1, -0.05) is 29.8 Å². The van der Waals surface area contributed by atoms with Crippen LogP contribution < -0.4 is 10.6 Å². The van der Waals surface area contributed by atoms with Crippen molar-refractivity contribution in [1.82, 2.24) is 34.3 Å². The van der Waals surface area contributed by atoms with Crippen molar-refractivity contribution >= 4 is 17.2 Å². The number of nitrogens with two attached hydrogens (primary N) is 1. The molecule has 0 bridgehead atoms. The van der Waals surface area contributed by atoms with Gasteiger partial charge in [0.25, 0.3) is 0 Å². The number of nitrogens with zero attached hydrogens (tertiary/aromatic N) is 9. The fourth-order valence-electron chi connectivity index (χ4n) is 4.97. The smallest absolute Gasteiger partial charge is 0.244 e. The van der Waals surface area contributed by atoms with E-state index in [0.29, 0.717) is 48.6 Å². The van der Waals surface area contributed by atoms with E-state index in [0.717, 1.165) is 28.1 Å². The zero-order valence-electron chi connectivity index (χ0n) is 22.3. The van der Waals surface area contributed by atoms with E-state index in [1.54, 1.807) is 34.0 Å². The molecular formula is C29H28N10O. The number of nitriles is 1. The molecule has 1 aliphatic heterocycles. The average Bonchev–Trinajstić information content (AvgIpc) is 3.62. The first-order valence-electron chi connectivity index (χ1n) is 13.0. The summed E-state index contributed by atoms with van der Waals surface area (Å²) in [7, 11) is 1.85. The number of fused-ring (bicyclic) bond motifs is 1. The molecule has 0 aliphatic carbocycles. The molecule has 2 N–H and O–H groups in total. The summed E-state index contributed by atoms with van der Waals surface area (Å²) in [5, 5.41) is 18.3. The number of benzene rings is 1. The predicted octanol–water partition coefficient (Wildman–Crippen LogP) is 2.72. The minimum Gasteiger partial charge on any atom is -0.353 e. The van der Waals surface area contributed by atoms with Crippen LogP contribution in [0.5, 0.6) is 0 Å². The summed E-state index contributed by atoms with van der Waals surface area (Å²) in [4.78, 5) is 26.6. The second kappa shape index (κ2) is 10.2. The Morgan fingerprint density at radius 1 is 0.975 bits per heavy atom. The molecule has 0 radical (unpaired) electrons. The number of rotatable bonds is 5. The van der Waals surface area contributed by atoms with Crippen LogP contribution in [0.1, 0.15) is 22.7 Å². The van der Waals surface area contributed by atoms with E-state index in [1.165, 1.54) is 0 Å². The van der Waals surface area contributed by atoms with Gasteiger partial charge >= 0.3 is 0 Å². The molecule has 0 saturated carbocycles. The van der Waals surface area contributed by atoms with Crippen LogP contribution in [0.25, 0.3) is 28.0 Å². The highest BCUT2D eigenvalue weighted by Gasteiger charge is 2.27. The SMILES string of the molecule is Cc1ccc(C(N)C(=O)N2CCN(c3ccc(-c4nc(-c5cnn(C)c5)cn5ncc(C#N)c45)cn3)CC2)cc1. The number of piperazine rings is 1. The lowest BCUT2D eigenvalue weighted by Crippen LogP contribution is -2.51. The van der Waals surface area contributed by atoms with Crippen LogP contribution in [0.2, 0.25) is 0 Å². The molecule has 5 heterocycles. The largest absolute Gasteiger partial charge is 0.353 e. The van der Waals surface area contributed by atoms with Crippen molar-refractivity contribution in [3.8, 4) is 28.6 Å². The Morgan fingerprint density at radius 2 is 1.75 bits per heavy atom. The van der Waals surface area contributed by atoms with Crippen molar-refractivity contribution in [3.05, 3.63) is 84.1 Å². The molecule has 5 aromatic rings. The van der Waals surface area contributed by atoms with Crippen LogP contribution in [-0.2, 0) is 11.8 Å². The number of hydrogen-bond acceptors (Lipinski definition) is 8. The standard InChI is InChI=1S/C29H28N10O/c1-19-3-5-20(6-4-19)26(31)29(40)38-11-9-37(10-12-38)25-8-7-21(14-32-25)27-28-22(13-30)15-34-39(28)18-24(35-27)23-16-33-36(2)17-23/h3-8,14-18,26H,9-12,31H2,1-2H3. The van der Waals surface area contributed by atoms with Crippen LogP contribution >= 0.6 is 0 Å². The quantitative estimate of drug-likeness (QED) is 0.365. The summed E-state index contributed by atoms with van der Waals surface area (Å²) >= 11 is 0. The molecule has 40 heavy (non-hydrogen) atoms. The molecule has 11 heteroatoms. The maximum atomic E-state index is 13.0. The van der Waals surface area contributed by atoms with Crippen LogP contribution in [0.3, 0.4) is 0 Å². The second-order valence-electron chi connectivity index (χ2n) is 9.95. The summed E-state index contributed by atoms with van der Waals surface area (Å²) in [6.07, 6.45) is 8.73. The van der Waals surface area contributed by atoms with Gasteiger partial charge in [-0.3, -0.25) is 9.48 Å². The van der Waals surface area contributed by atoms with Crippen molar-refractivity contribution in [3.63, 3.8) is 0 Å². The number of carbonyl (C=O) groups excluding carboxylic acids is 1. The molecule has 1 unspecified atom stereocenters. The molecule has 1 fully saturated rings. The van der Waals surface area contributed by atoms with Gasteiger partial charge in [-0.25, -0.2) is 14.5 Å². The van der Waals surface area contributed by atoms with E-state index >= 15 is 0 Å². The van der Waals surface area contributed by atoms with Gasteiger partial charge in [0.15, 0.2) is 0 Å². The summed E-state index contributed by atoms with van der Waals surface area (Å²) in [6.45, 7) is 4.45. The number of aromatic nitrogens is 6. The number of carbonyl (C=O) groups is 1. The molecule has 4 aromatic heterocycles. The first kappa shape index (κ1) is 25.2. The second-order valence-corrected chi connectivity index (χ2v) is 9.95. The van der Waals surface area contributed by atoms with Crippen LogP contribution in [0, 0.1) is 18.3 Å². The van der Waals surface area contributed by atoms with E-state index in [4.69, 9.17) is 15.7 Å². The van der Waals surface area contributed by atoms with Crippen molar-refractivity contribution in [2.24, 2.45) is 12.8 Å². The Hall–Kier alpha value is -5.08. The van der Waals surface area contributed by atoms with E-state index in [9.17, 15) is 10.1 Å². The Morgan fingerprint density at radius 3 is 2.40 bits per heavy atom. The third-order valence-corrected chi connectivity index (χ3v) is 7.26. The van der Waals surface area contributed by atoms with Crippen molar-refractivity contribution in [2.45, 2.75) is 13.0 Å². The maximum absolute atomic E-state index is 13.0. The third kappa shape index (κ3) is 4.65. The number of amides is 1. The molecular weight excluding hydrogens is 504 g/mol. The molecule has 0 spiro atoms. The molecule has 1 saturated heterocycles. The lowest BCUT2D eigenvalue weighted by atomic mass is 10.0. The van der Waals surface area contributed by atoms with Gasteiger partial charge in [0.2, 0.25) is 5.91 Å². The highest BCUT2D eigenvalue weighted by atomic mass is 16.2. The number of pyridine rings is 1. The van der Waals surface area contributed by atoms with Crippen molar-refractivity contribution < 1.29 is 4.79 Å². The maximum Gasteiger partial charge on any atom is 0.244 e. The van der Waals surface area contributed by atoms with E-state index in [-0.39, 0.29) is 5.91 Å². The van der Waals surface area contributed by atoms with Crippen molar-refractivity contribution in [2.75, 3.05) is 31.1 Å². The number of anilines is 1. The fraction of sp³-hybridized carbons (Fsp3) is 0.241. The Balaban J connectivity index is 1.20. The highest BCUT2D eigenvalue weighted by molar-refractivity contribution is 5.84. The molecule has 1 aliphatic rings. The summed E-state index contributed by atoms with van der Waals surface area (Å²) in [6, 6.07) is 13.2. The first-order valence-corrected chi connectivity index (χ1v) is 13.0. The Labute approximate surface area is 231 Å². The van der Waals surface area contributed by atoms with Crippen molar-refractivity contribution in [1.29, 1.82) is 5.26 Å². The van der Waals surface area contributed by atoms with Gasteiger partial charge in [0.1, 0.15) is 29.0 Å². The molecule has 200 valence electrons. The van der Waals surface area contributed by atoms with Gasteiger partial charge in [-0.05, 0) is 24.6 Å². The summed E-state index contributed by atoms with van der Waals surface area (Å²) in [5.74, 6) is 0.747. The van der Waals surface area contributed by atoms with Crippen LogP contribution in [-0.4, -0.2) is 66.3 Å². The van der Waals surface area contributed by atoms with E-state index in [1.807, 2.05) is 61.5 Å². The van der Waals surface area contributed by atoms with Crippen LogP contribution in [0.15, 0.2) is 67.4 Å². The Bertz CT molecular complexity index is 1720. The van der Waals surface area contributed by atoms with Gasteiger partial charge in [-0.15, -0.1) is 0 Å². The molecule has 1 aromatic carbocycles. The number of hydrogen-bond donors (Lipinski definition) is 1. The van der Waals surface area contributed by atoms with Gasteiger partial charge in [0.05, 0.1) is 30.0 Å². The topological polar surface area (TPSA) is 134 Å². The third-order valence-electron chi connectivity index (χ3n) is 7.26. The monoisotopic (exact) mass is 532 g/mol. The predicted molar refractivity (Wildman–Crippen MR) is 150 cm³/mol. The minimum absolute atomic E-state index is 0.0653. The summed E-state index contributed by atoms with van der Waals surface area (Å²) < 4.78 is 3.39. The lowest BCUT2D eigenvalue weighted by molar-refractivity contribution is -0.133. The molecule has 11 nitrogen and oxygen atoms in total. The zero-order valence-corrected chi connectivity index (χ0v) is 22.3. The van der Waals surface area contributed by atoms with Gasteiger partial charge in [-0.2, -0.15) is 15.5 Å². The van der Waals surface area contributed by atoms with Gasteiger partial charge < -0.3 is 15.5 Å². The summed E-state index contributed by atoms with van der Waals surface area (Å²) in [5.41, 5.74) is 12.2. The number of aryl methyl sites for hydroxylation is 2. The van der Waals surface area contributed by atoms with Crippen LogP contribution in [0.4, 0.5) is 5.82 Å². The molecule has 1 atom stereocenters. The van der Waals surface area contributed by atoms with Gasteiger partial charge in [0, 0.05) is 56.7 Å². The zero-order chi connectivity index (χ0) is 27.8. The highest BCUT2D eigenvalue weighted by Crippen LogP contribution is 2.29. The fourth-order valence-corrected chi connectivity index (χ4v) is 4.97. The Kier molecular flexibility index (Phi) is 6.45. The van der Waals surface area contributed by atoms with E-state index in [2.05, 4.69) is 21.2 Å². The lowest BCUT2D eigenvalue weighted by Gasteiger charge is -2.36. The first-order chi connectivity index (χ1) is 19.4. The molecule has 1 amide bonds. The van der Waals surface area contributed by atoms with E-state index < -0.39 is 6.04 Å². The molecule has 6 rings (SSSR count). The normalized spacial score (nSPS) is 14.3.